The molecule has 1 unspecified atom stereocenters. The number of benzene rings is 3. The lowest BCUT2D eigenvalue weighted by molar-refractivity contribution is 0.0939. The van der Waals surface area contributed by atoms with Crippen molar-refractivity contribution in [1.82, 2.24) is 9.88 Å². The SMILES string of the molecule is O=C1NC(c2cccc(OCc3ccccc3)c2)Nc2c1sc(=S)n2-c1ccccc1. The van der Waals surface area contributed by atoms with Crippen molar-refractivity contribution in [2.24, 2.45) is 0 Å². The summed E-state index contributed by atoms with van der Waals surface area (Å²) in [7, 11) is 0. The van der Waals surface area contributed by atoms with Gasteiger partial charge >= 0.3 is 0 Å². The second-order valence-electron chi connectivity index (χ2n) is 7.11. The second-order valence-corrected chi connectivity index (χ2v) is 8.76. The third kappa shape index (κ3) is 3.97. The molecule has 4 aromatic rings. The number of thiazole rings is 1. The number of ether oxygens (including phenoxy) is 1. The van der Waals surface area contributed by atoms with Crippen LogP contribution < -0.4 is 15.4 Å². The molecule has 1 atom stereocenters. The van der Waals surface area contributed by atoms with Crippen molar-refractivity contribution in [1.29, 1.82) is 0 Å². The number of carbonyl (C=O) groups excluding carboxylic acids is 1. The Labute approximate surface area is 188 Å². The number of hydrogen-bond donors (Lipinski definition) is 2. The normalized spacial score (nSPS) is 15.0. The summed E-state index contributed by atoms with van der Waals surface area (Å²) in [5.74, 6) is 1.32. The topological polar surface area (TPSA) is 55.3 Å². The van der Waals surface area contributed by atoms with Gasteiger partial charge in [0, 0.05) is 5.69 Å². The summed E-state index contributed by atoms with van der Waals surface area (Å²) in [6, 6.07) is 27.6. The number of carbonyl (C=O) groups is 1. The first kappa shape index (κ1) is 19.5. The van der Waals surface area contributed by atoms with Crippen LogP contribution in [0.5, 0.6) is 5.75 Å². The van der Waals surface area contributed by atoms with Gasteiger partial charge in [-0.1, -0.05) is 72.0 Å². The molecule has 5 nitrogen and oxygen atoms in total. The number of nitrogens with one attached hydrogen (secondary N) is 2. The van der Waals surface area contributed by atoms with E-state index >= 15 is 0 Å². The first-order valence-corrected chi connectivity index (χ1v) is 11.1. The molecule has 0 saturated heterocycles. The highest BCUT2D eigenvalue weighted by molar-refractivity contribution is 7.73. The molecule has 7 heteroatoms. The summed E-state index contributed by atoms with van der Waals surface area (Å²) in [6.45, 7) is 0.483. The van der Waals surface area contributed by atoms with Crippen molar-refractivity contribution < 1.29 is 9.53 Å². The van der Waals surface area contributed by atoms with E-state index < -0.39 is 0 Å². The first-order valence-electron chi connectivity index (χ1n) is 9.84. The van der Waals surface area contributed by atoms with Crippen LogP contribution in [0.25, 0.3) is 5.69 Å². The highest BCUT2D eigenvalue weighted by atomic mass is 32.1. The Bertz CT molecular complexity index is 1280. The van der Waals surface area contributed by atoms with Crippen molar-refractivity contribution >= 4 is 35.3 Å². The Morgan fingerprint density at radius 3 is 2.45 bits per heavy atom. The van der Waals surface area contributed by atoms with Crippen LogP contribution in [-0.4, -0.2) is 10.5 Å². The number of para-hydroxylation sites is 1. The lowest BCUT2D eigenvalue weighted by Gasteiger charge is -2.27. The first-order chi connectivity index (χ1) is 15.2. The van der Waals surface area contributed by atoms with Gasteiger partial charge in [-0.2, -0.15) is 0 Å². The lowest BCUT2D eigenvalue weighted by Crippen LogP contribution is -2.38. The van der Waals surface area contributed by atoms with Gasteiger partial charge in [-0.3, -0.25) is 9.36 Å². The zero-order valence-electron chi connectivity index (χ0n) is 16.4. The van der Waals surface area contributed by atoms with E-state index in [2.05, 4.69) is 10.6 Å². The molecule has 0 radical (unpaired) electrons. The fraction of sp³-hybridized carbons (Fsp3) is 0.0833. The van der Waals surface area contributed by atoms with Gasteiger partial charge in [-0.15, -0.1) is 0 Å². The number of hydrogen-bond acceptors (Lipinski definition) is 5. The molecule has 0 bridgehead atoms. The molecule has 1 amide bonds. The average molecular weight is 446 g/mol. The van der Waals surface area contributed by atoms with Gasteiger partial charge in [0.2, 0.25) is 0 Å². The summed E-state index contributed by atoms with van der Waals surface area (Å²) < 4.78 is 8.49. The summed E-state index contributed by atoms with van der Waals surface area (Å²) >= 11 is 6.86. The molecule has 2 heterocycles. The van der Waals surface area contributed by atoms with Gasteiger partial charge in [0.1, 0.15) is 29.2 Å². The van der Waals surface area contributed by atoms with Crippen LogP contribution in [0.15, 0.2) is 84.9 Å². The van der Waals surface area contributed by atoms with Crippen LogP contribution >= 0.6 is 23.6 Å². The number of rotatable bonds is 5. The summed E-state index contributed by atoms with van der Waals surface area (Å²) in [4.78, 5) is 13.4. The minimum atomic E-state index is -0.390. The molecule has 154 valence electrons. The van der Waals surface area contributed by atoms with Crippen molar-refractivity contribution in [3.05, 3.63) is 105 Å². The highest BCUT2D eigenvalue weighted by Crippen LogP contribution is 2.34. The third-order valence-electron chi connectivity index (χ3n) is 5.03. The van der Waals surface area contributed by atoms with E-state index in [9.17, 15) is 4.79 Å². The highest BCUT2D eigenvalue weighted by Gasteiger charge is 2.30. The molecule has 1 aromatic heterocycles. The molecular weight excluding hydrogens is 426 g/mol. The maximum absolute atomic E-state index is 12.8. The predicted octanol–water partition coefficient (Wildman–Crippen LogP) is 5.70. The van der Waals surface area contributed by atoms with E-state index in [1.54, 1.807) is 0 Å². The van der Waals surface area contributed by atoms with E-state index in [0.29, 0.717) is 21.3 Å². The smallest absolute Gasteiger partial charge is 0.267 e. The second kappa shape index (κ2) is 8.37. The van der Waals surface area contributed by atoms with Gasteiger partial charge in [-0.05, 0) is 47.6 Å². The van der Waals surface area contributed by atoms with E-state index in [4.69, 9.17) is 17.0 Å². The van der Waals surface area contributed by atoms with Gasteiger partial charge in [-0.25, -0.2) is 0 Å². The van der Waals surface area contributed by atoms with Crippen molar-refractivity contribution in [3.8, 4) is 11.4 Å². The Hall–Kier alpha value is -3.42. The lowest BCUT2D eigenvalue weighted by atomic mass is 10.1. The van der Waals surface area contributed by atoms with Crippen LogP contribution in [0, 0.1) is 3.95 Å². The molecule has 1 aliphatic rings. The minimum absolute atomic E-state index is 0.139. The van der Waals surface area contributed by atoms with E-state index in [0.717, 1.165) is 22.6 Å². The Morgan fingerprint density at radius 2 is 1.68 bits per heavy atom. The van der Waals surface area contributed by atoms with Gasteiger partial charge < -0.3 is 15.4 Å². The van der Waals surface area contributed by atoms with Crippen LogP contribution in [-0.2, 0) is 6.61 Å². The molecule has 0 saturated carbocycles. The van der Waals surface area contributed by atoms with Crippen molar-refractivity contribution in [3.63, 3.8) is 0 Å². The molecule has 31 heavy (non-hydrogen) atoms. The fourth-order valence-electron chi connectivity index (χ4n) is 3.53. The van der Waals surface area contributed by atoms with Gasteiger partial charge in [0.25, 0.3) is 5.91 Å². The molecular formula is C24H19N3O2S2. The zero-order chi connectivity index (χ0) is 21.2. The Morgan fingerprint density at radius 1 is 0.935 bits per heavy atom. The standard InChI is InChI=1S/C24H19N3O2S2/c28-23-20-22(27(24(30)31-20)18-11-5-2-6-12-18)25-21(26-23)17-10-7-13-19(14-17)29-15-16-8-3-1-4-9-16/h1-14,21,25H,15H2,(H,26,28). The predicted molar refractivity (Wildman–Crippen MR) is 126 cm³/mol. The Balaban J connectivity index is 1.42. The molecule has 2 N–H and O–H groups in total. The molecule has 5 rings (SSSR count). The third-order valence-corrected chi connectivity index (χ3v) is 6.40. The molecule has 0 aliphatic carbocycles. The van der Waals surface area contributed by atoms with E-state index in [1.807, 2.05) is 89.5 Å². The molecule has 3 aromatic carbocycles. The summed E-state index contributed by atoms with van der Waals surface area (Å²) in [6.07, 6.45) is -0.390. The summed E-state index contributed by atoms with van der Waals surface area (Å²) in [5, 5.41) is 6.48. The van der Waals surface area contributed by atoms with Crippen molar-refractivity contribution in [2.75, 3.05) is 5.32 Å². The monoisotopic (exact) mass is 445 g/mol. The largest absolute Gasteiger partial charge is 0.489 e. The van der Waals surface area contributed by atoms with Crippen LogP contribution in [0.1, 0.15) is 27.0 Å². The number of fused-ring (bicyclic) bond motifs is 1. The number of anilines is 1. The number of nitrogens with zero attached hydrogens (tertiary/aromatic N) is 1. The van der Waals surface area contributed by atoms with E-state index in [1.165, 1.54) is 11.3 Å². The van der Waals surface area contributed by atoms with Gasteiger partial charge in [0.05, 0.1) is 0 Å². The van der Waals surface area contributed by atoms with Crippen molar-refractivity contribution in [2.45, 2.75) is 12.8 Å². The number of aromatic nitrogens is 1. The van der Waals surface area contributed by atoms with Gasteiger partial charge in [0.15, 0.2) is 3.95 Å². The maximum Gasteiger partial charge on any atom is 0.267 e. The Kier molecular flexibility index (Phi) is 5.28. The minimum Gasteiger partial charge on any atom is -0.489 e. The zero-order valence-corrected chi connectivity index (χ0v) is 18.1. The quantitative estimate of drug-likeness (QED) is 0.387. The molecule has 0 fully saturated rings. The summed E-state index contributed by atoms with van der Waals surface area (Å²) in [5.41, 5.74) is 2.92. The maximum atomic E-state index is 12.8. The molecule has 0 spiro atoms. The van der Waals surface area contributed by atoms with Crippen LogP contribution in [0.4, 0.5) is 5.82 Å². The fourth-order valence-corrected chi connectivity index (χ4v) is 4.84. The average Bonchev–Trinajstić information content (AvgIpc) is 3.15. The van der Waals surface area contributed by atoms with Crippen LogP contribution in [0.2, 0.25) is 0 Å². The van der Waals surface area contributed by atoms with E-state index in [-0.39, 0.29) is 12.1 Å². The molecule has 1 aliphatic heterocycles. The van der Waals surface area contributed by atoms with Crippen LogP contribution in [0.3, 0.4) is 0 Å². The number of amides is 1.